The fourth-order valence-electron chi connectivity index (χ4n) is 2.18. The number of hydrogen-bond acceptors (Lipinski definition) is 4. The predicted molar refractivity (Wildman–Crippen MR) is 74.5 cm³/mol. The number of nitrogens with one attached hydrogen (secondary N) is 1. The number of aromatic nitrogens is 1. The van der Waals surface area contributed by atoms with E-state index in [4.69, 9.17) is 4.74 Å². The number of anilines is 1. The molecule has 0 aromatic carbocycles. The van der Waals surface area contributed by atoms with E-state index in [1.165, 1.54) is 0 Å². The fraction of sp³-hybridized carbons (Fsp3) is 0.571. The topological polar surface area (TPSA) is 54.5 Å². The molecule has 19 heavy (non-hydrogen) atoms. The summed E-state index contributed by atoms with van der Waals surface area (Å²) in [6.07, 6.45) is 3.88. The van der Waals surface area contributed by atoms with E-state index in [9.17, 15) is 4.79 Å². The second-order valence-corrected chi connectivity index (χ2v) is 5.11. The normalized spacial score (nSPS) is 20.1. The van der Waals surface area contributed by atoms with Crippen molar-refractivity contribution in [3.63, 3.8) is 0 Å². The van der Waals surface area contributed by atoms with E-state index in [1.54, 1.807) is 18.3 Å². The monoisotopic (exact) mass is 263 g/mol. The third kappa shape index (κ3) is 3.44. The van der Waals surface area contributed by atoms with Crippen molar-refractivity contribution in [2.24, 2.45) is 0 Å². The molecule has 0 unspecified atom stereocenters. The van der Waals surface area contributed by atoms with E-state index in [-0.39, 0.29) is 18.1 Å². The van der Waals surface area contributed by atoms with Crippen LogP contribution in [0, 0.1) is 0 Å². The highest BCUT2D eigenvalue weighted by molar-refractivity contribution is 5.95. The number of pyridine rings is 1. The molecular weight excluding hydrogens is 242 g/mol. The zero-order valence-corrected chi connectivity index (χ0v) is 11.7. The van der Waals surface area contributed by atoms with Gasteiger partial charge >= 0.3 is 0 Å². The molecule has 1 N–H and O–H groups in total. The van der Waals surface area contributed by atoms with Gasteiger partial charge in [0.1, 0.15) is 5.82 Å². The van der Waals surface area contributed by atoms with Gasteiger partial charge in [-0.05, 0) is 31.9 Å². The lowest BCUT2D eigenvalue weighted by molar-refractivity contribution is 0.0712. The van der Waals surface area contributed by atoms with Gasteiger partial charge in [0.25, 0.3) is 5.91 Å². The van der Waals surface area contributed by atoms with Gasteiger partial charge in [-0.2, -0.15) is 0 Å². The third-order valence-corrected chi connectivity index (χ3v) is 3.35. The van der Waals surface area contributed by atoms with Crippen molar-refractivity contribution in [2.75, 3.05) is 25.6 Å². The van der Waals surface area contributed by atoms with E-state index in [1.807, 2.05) is 25.9 Å². The number of carbonyl (C=O) groups excluding carboxylic acids is 1. The summed E-state index contributed by atoms with van der Waals surface area (Å²) in [6, 6.07) is 3.55. The Morgan fingerprint density at radius 1 is 1.58 bits per heavy atom. The molecule has 1 saturated heterocycles. The quantitative estimate of drug-likeness (QED) is 0.893. The van der Waals surface area contributed by atoms with Crippen molar-refractivity contribution in [2.45, 2.75) is 31.9 Å². The van der Waals surface area contributed by atoms with Crippen LogP contribution in [0.3, 0.4) is 0 Å². The van der Waals surface area contributed by atoms with E-state index >= 15 is 0 Å². The molecule has 0 saturated carbocycles. The molecule has 5 heteroatoms. The molecule has 0 bridgehead atoms. The minimum Gasteiger partial charge on any atom is -0.376 e. The van der Waals surface area contributed by atoms with Crippen molar-refractivity contribution >= 4 is 11.7 Å². The molecule has 2 heterocycles. The van der Waals surface area contributed by atoms with Gasteiger partial charge in [0.15, 0.2) is 0 Å². The highest BCUT2D eigenvalue weighted by Gasteiger charge is 2.24. The molecule has 1 aromatic rings. The summed E-state index contributed by atoms with van der Waals surface area (Å²) in [5.74, 6) is 0.700. The van der Waals surface area contributed by atoms with E-state index in [0.29, 0.717) is 5.56 Å². The molecule has 1 aliphatic rings. The van der Waals surface area contributed by atoms with Gasteiger partial charge in [-0.15, -0.1) is 0 Å². The van der Waals surface area contributed by atoms with Crippen LogP contribution < -0.4 is 10.2 Å². The van der Waals surface area contributed by atoms with Crippen molar-refractivity contribution in [1.82, 2.24) is 10.3 Å². The maximum Gasteiger partial charge on any atom is 0.251 e. The van der Waals surface area contributed by atoms with Crippen molar-refractivity contribution in [3.05, 3.63) is 23.9 Å². The van der Waals surface area contributed by atoms with Crippen molar-refractivity contribution in [3.8, 4) is 0 Å². The summed E-state index contributed by atoms with van der Waals surface area (Å²) in [7, 11) is 3.80. The minimum absolute atomic E-state index is 0.0333. The van der Waals surface area contributed by atoms with Crippen LogP contribution >= 0.6 is 0 Å². The third-order valence-electron chi connectivity index (χ3n) is 3.35. The summed E-state index contributed by atoms with van der Waals surface area (Å²) in [6.45, 7) is 2.78. The van der Waals surface area contributed by atoms with Crippen LogP contribution in [-0.2, 0) is 4.74 Å². The molecule has 0 aliphatic carbocycles. The Labute approximate surface area is 114 Å². The first kappa shape index (κ1) is 13.8. The van der Waals surface area contributed by atoms with Crippen LogP contribution in [0.15, 0.2) is 18.3 Å². The van der Waals surface area contributed by atoms with Gasteiger partial charge in [-0.1, -0.05) is 0 Å². The van der Waals surface area contributed by atoms with Crippen LogP contribution in [0.25, 0.3) is 0 Å². The van der Waals surface area contributed by atoms with Crippen LogP contribution in [0.1, 0.15) is 30.1 Å². The van der Waals surface area contributed by atoms with Gasteiger partial charge in [0, 0.05) is 32.5 Å². The number of hydrogen-bond donors (Lipinski definition) is 1. The zero-order chi connectivity index (χ0) is 13.8. The SMILES string of the molecule is C[C@@H](NC(=O)c1ccnc(N(C)C)c1)[C@H]1CCCO1. The summed E-state index contributed by atoms with van der Waals surface area (Å²) in [5, 5.41) is 2.99. The Morgan fingerprint density at radius 3 is 3.00 bits per heavy atom. The number of nitrogens with zero attached hydrogens (tertiary/aromatic N) is 2. The molecule has 1 aliphatic heterocycles. The number of ether oxygens (including phenoxy) is 1. The molecule has 1 amide bonds. The molecule has 0 radical (unpaired) electrons. The van der Waals surface area contributed by atoms with Crippen LogP contribution in [0.4, 0.5) is 5.82 Å². The standard InChI is InChI=1S/C14H21N3O2/c1-10(12-5-4-8-19-12)16-14(18)11-6-7-15-13(9-11)17(2)3/h6-7,9-10,12H,4-5,8H2,1-3H3,(H,16,18)/t10-,12-/m1/s1. The fourth-order valence-corrected chi connectivity index (χ4v) is 2.18. The Morgan fingerprint density at radius 2 is 2.37 bits per heavy atom. The molecule has 2 atom stereocenters. The molecule has 5 nitrogen and oxygen atoms in total. The summed E-state index contributed by atoms with van der Waals surface area (Å²) in [4.78, 5) is 18.2. The molecular formula is C14H21N3O2. The average Bonchev–Trinajstić information content (AvgIpc) is 2.92. The smallest absolute Gasteiger partial charge is 0.251 e. The largest absolute Gasteiger partial charge is 0.376 e. The highest BCUT2D eigenvalue weighted by Crippen LogP contribution is 2.16. The summed E-state index contributed by atoms with van der Waals surface area (Å²) < 4.78 is 5.58. The molecule has 104 valence electrons. The molecule has 2 rings (SSSR count). The first-order valence-corrected chi connectivity index (χ1v) is 6.64. The van der Waals surface area contributed by atoms with Crippen LogP contribution in [-0.4, -0.2) is 43.7 Å². The van der Waals surface area contributed by atoms with E-state index in [0.717, 1.165) is 25.3 Å². The number of carbonyl (C=O) groups is 1. The second-order valence-electron chi connectivity index (χ2n) is 5.11. The van der Waals surface area contributed by atoms with Gasteiger partial charge in [0.2, 0.25) is 0 Å². The Hall–Kier alpha value is -1.62. The average molecular weight is 263 g/mol. The molecule has 0 spiro atoms. The summed E-state index contributed by atoms with van der Waals surface area (Å²) in [5.41, 5.74) is 0.628. The number of amides is 1. The van der Waals surface area contributed by atoms with E-state index < -0.39 is 0 Å². The lowest BCUT2D eigenvalue weighted by Gasteiger charge is -2.20. The molecule has 1 aromatic heterocycles. The van der Waals surface area contributed by atoms with Crippen molar-refractivity contribution < 1.29 is 9.53 Å². The van der Waals surface area contributed by atoms with Gasteiger partial charge in [-0.25, -0.2) is 4.98 Å². The maximum atomic E-state index is 12.2. The second kappa shape index (κ2) is 6.02. The van der Waals surface area contributed by atoms with E-state index in [2.05, 4.69) is 10.3 Å². The van der Waals surface area contributed by atoms with Gasteiger partial charge in [-0.3, -0.25) is 4.79 Å². The van der Waals surface area contributed by atoms with Gasteiger partial charge in [0.05, 0.1) is 12.1 Å². The zero-order valence-electron chi connectivity index (χ0n) is 11.7. The molecule has 1 fully saturated rings. The lowest BCUT2D eigenvalue weighted by atomic mass is 10.1. The van der Waals surface area contributed by atoms with Gasteiger partial charge < -0.3 is 15.0 Å². The first-order valence-electron chi connectivity index (χ1n) is 6.64. The Bertz CT molecular complexity index is 442. The minimum atomic E-state index is -0.0755. The Kier molecular flexibility index (Phi) is 4.37. The predicted octanol–water partition coefficient (Wildman–Crippen LogP) is 1.44. The maximum absolute atomic E-state index is 12.2. The van der Waals surface area contributed by atoms with Crippen molar-refractivity contribution in [1.29, 1.82) is 0 Å². The Balaban J connectivity index is 2.00. The highest BCUT2D eigenvalue weighted by atomic mass is 16.5. The lowest BCUT2D eigenvalue weighted by Crippen LogP contribution is -2.40. The summed E-state index contributed by atoms with van der Waals surface area (Å²) >= 11 is 0. The van der Waals surface area contributed by atoms with Crippen LogP contribution in [0.5, 0.6) is 0 Å². The number of rotatable bonds is 4. The first-order chi connectivity index (χ1) is 9.08. The van der Waals surface area contributed by atoms with Crippen LogP contribution in [0.2, 0.25) is 0 Å².